The third-order valence-corrected chi connectivity index (χ3v) is 2.44. The van der Waals surface area contributed by atoms with E-state index in [4.69, 9.17) is 4.55 Å². The van der Waals surface area contributed by atoms with Crippen molar-refractivity contribution >= 4 is 16.7 Å². The summed E-state index contributed by atoms with van der Waals surface area (Å²) in [6.45, 7) is 0. The number of alkyl halides is 1. The topological polar surface area (TPSA) is 71.5 Å². The Morgan fingerprint density at radius 2 is 2.47 bits per heavy atom. The van der Waals surface area contributed by atoms with Crippen LogP contribution >= 0.6 is 10.8 Å². The fraction of sp³-hybridized carbons (Fsp3) is 0.143. The number of nitrogens with zero attached hydrogens (tertiary/aromatic N) is 1. The smallest absolute Gasteiger partial charge is 0.270 e. The molecule has 0 saturated heterocycles. The van der Waals surface area contributed by atoms with Crippen molar-refractivity contribution in [1.29, 1.82) is 0 Å². The number of carbonyl (C=O) groups is 1. The van der Waals surface area contributed by atoms with Crippen molar-refractivity contribution in [3.63, 3.8) is 0 Å². The molecule has 0 bridgehead atoms. The molecule has 1 aromatic heterocycles. The third kappa shape index (κ3) is 3.11. The maximum absolute atomic E-state index is 12.1. The zero-order valence-electron chi connectivity index (χ0n) is 7.39. The van der Waals surface area contributed by atoms with Gasteiger partial charge < -0.3 is 0 Å². The molecule has 0 spiro atoms. The van der Waals surface area contributed by atoms with Crippen LogP contribution in [0.15, 0.2) is 24.5 Å². The van der Waals surface area contributed by atoms with Crippen molar-refractivity contribution < 1.29 is 22.7 Å². The lowest BCUT2D eigenvalue weighted by Gasteiger charge is -2.29. The van der Waals surface area contributed by atoms with Crippen molar-refractivity contribution in [2.75, 3.05) is 6.01 Å². The first-order valence-corrected chi connectivity index (χ1v) is 5.41. The lowest BCUT2D eigenvalue weighted by atomic mass is 10.3. The predicted molar refractivity (Wildman–Crippen MR) is 50.1 cm³/mol. The van der Waals surface area contributed by atoms with Gasteiger partial charge in [-0.05, 0) is 16.7 Å². The zero-order chi connectivity index (χ0) is 11.3. The van der Waals surface area contributed by atoms with E-state index in [-0.39, 0.29) is 5.56 Å². The summed E-state index contributed by atoms with van der Waals surface area (Å²) in [4.78, 5) is 14.9. The highest BCUT2D eigenvalue weighted by Crippen LogP contribution is 2.40. The summed E-state index contributed by atoms with van der Waals surface area (Å²) in [6.07, 6.45) is 2.61. The predicted octanol–water partition coefficient (Wildman–Crippen LogP) is 1.75. The van der Waals surface area contributed by atoms with Gasteiger partial charge >= 0.3 is 0 Å². The van der Waals surface area contributed by atoms with Gasteiger partial charge in [0.05, 0.1) is 5.56 Å². The van der Waals surface area contributed by atoms with Gasteiger partial charge in [-0.1, -0.05) is 15.2 Å². The number of amides is 1. The summed E-state index contributed by atoms with van der Waals surface area (Å²) in [5.41, 5.74) is 0.0638. The number of rotatable bonds is 4. The molecule has 5 nitrogen and oxygen atoms in total. The molecule has 0 saturated carbocycles. The fourth-order valence-electron chi connectivity index (χ4n) is 0.761. The fourth-order valence-corrected chi connectivity index (χ4v) is 1.29. The lowest BCUT2D eigenvalue weighted by molar-refractivity contribution is -0.00346. The second kappa shape index (κ2) is 5.01. The maximum atomic E-state index is 12.1. The van der Waals surface area contributed by atoms with Gasteiger partial charge in [0, 0.05) is 12.4 Å². The largest absolute Gasteiger partial charge is 0.277 e. The highest BCUT2D eigenvalue weighted by Gasteiger charge is 2.21. The number of hydrogen-bond donors (Lipinski definition) is 2. The minimum absolute atomic E-state index is 0.0638. The first-order chi connectivity index (χ1) is 7.11. The van der Waals surface area contributed by atoms with Crippen LogP contribution in [0.1, 0.15) is 10.4 Å². The van der Waals surface area contributed by atoms with Gasteiger partial charge in [0.1, 0.15) is 0 Å². The molecule has 8 heteroatoms. The minimum Gasteiger partial charge on any atom is -0.277 e. The van der Waals surface area contributed by atoms with E-state index in [0.717, 1.165) is 0 Å². The van der Waals surface area contributed by atoms with E-state index >= 15 is 0 Å². The van der Waals surface area contributed by atoms with Crippen LogP contribution in [0.4, 0.5) is 8.92 Å². The number of carbonyl (C=O) groups excluding carboxylic acids is 1. The van der Waals surface area contributed by atoms with Crippen molar-refractivity contribution in [1.82, 2.24) is 9.71 Å². The Kier molecular flexibility index (Phi) is 3.95. The second-order valence-electron chi connectivity index (χ2n) is 2.49. The molecule has 0 aromatic carbocycles. The van der Waals surface area contributed by atoms with Crippen LogP contribution < -0.4 is 4.72 Å². The van der Waals surface area contributed by atoms with Crippen LogP contribution in [0, 0.1) is 0 Å². The molecule has 0 aliphatic heterocycles. The number of hydrogen-bond acceptors (Lipinski definition) is 4. The van der Waals surface area contributed by atoms with E-state index < -0.39 is 22.7 Å². The number of nitrogens with one attached hydrogen (secondary N) is 1. The number of pyridine rings is 1. The minimum atomic E-state index is -3.82. The SMILES string of the molecule is O=C(NS(O)(CF)OF)c1cccnc1. The Morgan fingerprint density at radius 1 is 1.73 bits per heavy atom. The Hall–Kier alpha value is -1.25. The van der Waals surface area contributed by atoms with E-state index in [9.17, 15) is 13.7 Å². The second-order valence-corrected chi connectivity index (χ2v) is 4.31. The number of aromatic nitrogens is 1. The lowest BCUT2D eigenvalue weighted by Crippen LogP contribution is -2.28. The van der Waals surface area contributed by atoms with Crippen LogP contribution in [0.2, 0.25) is 0 Å². The molecule has 1 atom stereocenters. The standard InChI is InChI=1S/C7H8F2N2O3S/c8-5-15(13,14-9)11-7(12)6-2-1-3-10-4-6/h1-4,13H,5H2,(H,11,12). The van der Waals surface area contributed by atoms with Gasteiger partial charge in [0.25, 0.3) is 5.91 Å². The molecule has 1 aromatic rings. The van der Waals surface area contributed by atoms with E-state index in [1.54, 1.807) is 4.72 Å². The van der Waals surface area contributed by atoms with Crippen LogP contribution in [0.3, 0.4) is 0 Å². The van der Waals surface area contributed by atoms with Crippen LogP contribution in [-0.4, -0.2) is 21.5 Å². The normalized spacial score (nSPS) is 16.5. The molecule has 0 radical (unpaired) electrons. The highest BCUT2D eigenvalue weighted by atomic mass is 32.3. The first-order valence-electron chi connectivity index (χ1n) is 3.73. The molecule has 0 aliphatic rings. The Balaban J connectivity index is 2.72. The molecule has 1 rings (SSSR count). The molecular formula is C7H8F2N2O3S. The van der Waals surface area contributed by atoms with Gasteiger partial charge in [0.2, 0.25) is 6.01 Å². The van der Waals surface area contributed by atoms with Crippen molar-refractivity contribution in [2.24, 2.45) is 0 Å². The molecule has 0 fully saturated rings. The maximum Gasteiger partial charge on any atom is 0.270 e. The summed E-state index contributed by atoms with van der Waals surface area (Å²) in [5.74, 6) is -0.865. The van der Waals surface area contributed by atoms with Gasteiger partial charge in [-0.3, -0.25) is 14.3 Å². The Bertz CT molecular complexity index is 334. The quantitative estimate of drug-likeness (QED) is 0.838. The van der Waals surface area contributed by atoms with Crippen LogP contribution in [0.5, 0.6) is 0 Å². The summed E-state index contributed by atoms with van der Waals surface area (Å²) < 4.78 is 37.6. The van der Waals surface area contributed by atoms with Crippen molar-refractivity contribution in [3.8, 4) is 0 Å². The van der Waals surface area contributed by atoms with E-state index in [1.165, 1.54) is 24.5 Å². The first kappa shape index (κ1) is 11.8. The monoisotopic (exact) mass is 238 g/mol. The average molecular weight is 238 g/mol. The summed E-state index contributed by atoms with van der Waals surface area (Å²) >= 11 is 0. The zero-order valence-corrected chi connectivity index (χ0v) is 8.21. The molecule has 1 unspecified atom stereocenters. The molecule has 84 valence electrons. The molecule has 2 N–H and O–H groups in total. The van der Waals surface area contributed by atoms with Crippen molar-refractivity contribution in [2.45, 2.75) is 0 Å². The Morgan fingerprint density at radius 3 is 2.93 bits per heavy atom. The van der Waals surface area contributed by atoms with E-state index in [0.29, 0.717) is 0 Å². The van der Waals surface area contributed by atoms with E-state index in [2.05, 4.69) is 9.37 Å². The molecular weight excluding hydrogens is 230 g/mol. The van der Waals surface area contributed by atoms with Crippen LogP contribution in [-0.2, 0) is 4.39 Å². The van der Waals surface area contributed by atoms with Crippen LogP contribution in [0.25, 0.3) is 0 Å². The summed E-state index contributed by atoms with van der Waals surface area (Å²) in [7, 11) is -3.82. The number of halogens is 2. The average Bonchev–Trinajstić information content (AvgIpc) is 2.30. The van der Waals surface area contributed by atoms with E-state index in [1.807, 2.05) is 0 Å². The molecule has 1 amide bonds. The van der Waals surface area contributed by atoms with Gasteiger partial charge in [-0.2, -0.15) is 0 Å². The van der Waals surface area contributed by atoms with Gasteiger partial charge in [-0.15, -0.1) is 0 Å². The summed E-state index contributed by atoms with van der Waals surface area (Å²) in [5, 5.41) is 0. The summed E-state index contributed by atoms with van der Waals surface area (Å²) in [6, 6.07) is 1.31. The highest BCUT2D eigenvalue weighted by molar-refractivity contribution is 8.23. The molecule has 1 heterocycles. The van der Waals surface area contributed by atoms with Gasteiger partial charge in [0.15, 0.2) is 0 Å². The molecule has 15 heavy (non-hydrogen) atoms. The van der Waals surface area contributed by atoms with Gasteiger partial charge in [-0.25, -0.2) is 9.11 Å². The third-order valence-electron chi connectivity index (χ3n) is 1.43. The van der Waals surface area contributed by atoms with Crippen molar-refractivity contribution in [3.05, 3.63) is 30.1 Å². The molecule has 0 aliphatic carbocycles. The Labute approximate surface area is 85.8 Å².